The first-order valence-electron chi connectivity index (χ1n) is 9.31. The number of amides is 1. The van der Waals surface area contributed by atoms with Crippen molar-refractivity contribution in [1.29, 1.82) is 0 Å². The van der Waals surface area contributed by atoms with Crippen molar-refractivity contribution in [2.45, 2.75) is 12.1 Å². The van der Waals surface area contributed by atoms with Crippen molar-refractivity contribution < 1.29 is 33.6 Å². The van der Waals surface area contributed by atoms with Crippen molar-refractivity contribution in [1.82, 2.24) is 4.90 Å². The number of carbonyl (C=O) groups excluding carboxylic acids is 1. The fourth-order valence-electron chi connectivity index (χ4n) is 3.74. The molecule has 2 aliphatic heterocycles. The van der Waals surface area contributed by atoms with Crippen molar-refractivity contribution in [3.63, 3.8) is 0 Å². The molecule has 1 amide bonds. The van der Waals surface area contributed by atoms with Gasteiger partial charge >= 0.3 is 0 Å². The van der Waals surface area contributed by atoms with Gasteiger partial charge in [-0.05, 0) is 35.9 Å². The molecule has 0 radical (unpaired) electrons. The highest BCUT2D eigenvalue weighted by atomic mass is 16.7. The lowest BCUT2D eigenvalue weighted by Gasteiger charge is -2.41. The molecule has 0 saturated carbocycles. The van der Waals surface area contributed by atoms with Gasteiger partial charge in [0.05, 0.1) is 33.5 Å². The first kappa shape index (κ1) is 19.4. The topological polar surface area (TPSA) is 86.7 Å². The standard InChI is InChI=1S/C21H23NO7/c1-25-15-5-3-13(9-17(15)26-2)20-19(11-23)27-8-7-22(20)21(24)14-4-6-16-18(10-14)29-12-28-16/h3-6,9-10,19-20,23H,7-8,11-12H2,1-2H3/t19-,20-/m1/s1. The molecule has 2 aromatic rings. The van der Waals surface area contributed by atoms with Crippen LogP contribution >= 0.6 is 0 Å². The molecule has 8 nitrogen and oxygen atoms in total. The van der Waals surface area contributed by atoms with Gasteiger partial charge in [0.1, 0.15) is 6.10 Å². The Bertz CT molecular complexity index is 901. The Morgan fingerprint density at radius 1 is 1.10 bits per heavy atom. The van der Waals surface area contributed by atoms with Gasteiger partial charge in [-0.1, -0.05) is 6.07 Å². The van der Waals surface area contributed by atoms with Crippen molar-refractivity contribution >= 4 is 5.91 Å². The van der Waals surface area contributed by atoms with Gasteiger partial charge in [-0.25, -0.2) is 0 Å². The Hall–Kier alpha value is -2.97. The maximum absolute atomic E-state index is 13.4. The highest BCUT2D eigenvalue weighted by Crippen LogP contribution is 2.38. The average Bonchev–Trinajstić information content (AvgIpc) is 3.25. The summed E-state index contributed by atoms with van der Waals surface area (Å²) < 4.78 is 27.2. The number of carbonyl (C=O) groups is 1. The van der Waals surface area contributed by atoms with Crippen LogP contribution < -0.4 is 18.9 Å². The summed E-state index contributed by atoms with van der Waals surface area (Å²) >= 11 is 0. The molecule has 0 spiro atoms. The molecule has 29 heavy (non-hydrogen) atoms. The molecule has 8 heteroatoms. The number of rotatable bonds is 5. The smallest absolute Gasteiger partial charge is 0.254 e. The van der Waals surface area contributed by atoms with Gasteiger partial charge < -0.3 is 33.7 Å². The average molecular weight is 401 g/mol. The van der Waals surface area contributed by atoms with E-state index in [0.29, 0.717) is 41.7 Å². The highest BCUT2D eigenvalue weighted by Gasteiger charge is 2.37. The van der Waals surface area contributed by atoms with Crippen LogP contribution in [0.15, 0.2) is 36.4 Å². The van der Waals surface area contributed by atoms with Gasteiger partial charge in [0, 0.05) is 12.1 Å². The molecule has 1 N–H and O–H groups in total. The maximum Gasteiger partial charge on any atom is 0.254 e. The predicted octanol–water partition coefficient (Wildman–Crippen LogP) is 2.01. The Balaban J connectivity index is 1.70. The molecule has 0 unspecified atom stereocenters. The Kier molecular flexibility index (Phi) is 5.46. The molecule has 0 bridgehead atoms. The number of hydrogen-bond acceptors (Lipinski definition) is 7. The molecule has 1 saturated heterocycles. The lowest BCUT2D eigenvalue weighted by Crippen LogP contribution is -2.49. The Morgan fingerprint density at radius 3 is 2.66 bits per heavy atom. The number of morpholine rings is 1. The zero-order valence-electron chi connectivity index (χ0n) is 16.3. The summed E-state index contributed by atoms with van der Waals surface area (Å²) in [5, 5.41) is 9.89. The molecule has 2 aliphatic rings. The van der Waals surface area contributed by atoms with E-state index in [2.05, 4.69) is 0 Å². The molecule has 2 atom stereocenters. The molecular weight excluding hydrogens is 378 g/mol. The minimum absolute atomic E-state index is 0.144. The number of aliphatic hydroxyl groups is 1. The molecule has 2 heterocycles. The van der Waals surface area contributed by atoms with E-state index in [9.17, 15) is 9.90 Å². The van der Waals surface area contributed by atoms with Crippen molar-refractivity contribution in [3.05, 3.63) is 47.5 Å². The number of aliphatic hydroxyl groups excluding tert-OH is 1. The van der Waals surface area contributed by atoms with Crippen LogP contribution in [0.3, 0.4) is 0 Å². The van der Waals surface area contributed by atoms with Crippen LogP contribution in [0.5, 0.6) is 23.0 Å². The van der Waals surface area contributed by atoms with Crippen LogP contribution in [0.1, 0.15) is 22.0 Å². The lowest BCUT2D eigenvalue weighted by atomic mass is 9.96. The molecule has 4 rings (SSSR count). The van der Waals surface area contributed by atoms with E-state index < -0.39 is 12.1 Å². The largest absolute Gasteiger partial charge is 0.493 e. The molecular formula is C21H23NO7. The summed E-state index contributed by atoms with van der Waals surface area (Å²) in [7, 11) is 3.12. The van der Waals surface area contributed by atoms with E-state index in [1.807, 2.05) is 6.07 Å². The number of hydrogen-bond donors (Lipinski definition) is 1. The molecule has 0 aliphatic carbocycles. The van der Waals surface area contributed by atoms with Gasteiger partial charge in [-0.15, -0.1) is 0 Å². The monoisotopic (exact) mass is 401 g/mol. The van der Waals surface area contributed by atoms with Crippen molar-refractivity contribution in [2.75, 3.05) is 40.8 Å². The van der Waals surface area contributed by atoms with Crippen molar-refractivity contribution in [2.24, 2.45) is 0 Å². The second-order valence-electron chi connectivity index (χ2n) is 6.72. The minimum atomic E-state index is -0.556. The van der Waals surface area contributed by atoms with Crippen LogP contribution in [-0.2, 0) is 4.74 Å². The van der Waals surface area contributed by atoms with Gasteiger partial charge in [0.15, 0.2) is 23.0 Å². The van der Waals surface area contributed by atoms with Crippen molar-refractivity contribution in [3.8, 4) is 23.0 Å². The van der Waals surface area contributed by atoms with E-state index in [1.54, 1.807) is 49.5 Å². The summed E-state index contributed by atoms with van der Waals surface area (Å²) in [4.78, 5) is 15.1. The number of nitrogens with zero attached hydrogens (tertiary/aromatic N) is 1. The molecule has 2 aromatic carbocycles. The third-order valence-corrected chi connectivity index (χ3v) is 5.16. The lowest BCUT2D eigenvalue weighted by molar-refractivity contribution is -0.0811. The number of ether oxygens (including phenoxy) is 5. The van der Waals surface area contributed by atoms with Crippen LogP contribution in [0.4, 0.5) is 0 Å². The normalized spacial score (nSPS) is 20.4. The second-order valence-corrected chi connectivity index (χ2v) is 6.72. The summed E-state index contributed by atoms with van der Waals surface area (Å²) in [5.74, 6) is 2.12. The molecule has 1 fully saturated rings. The number of fused-ring (bicyclic) bond motifs is 1. The summed E-state index contributed by atoms with van der Waals surface area (Å²) in [5.41, 5.74) is 1.27. The third kappa shape index (κ3) is 3.56. The van der Waals surface area contributed by atoms with E-state index in [0.717, 1.165) is 5.56 Å². The van der Waals surface area contributed by atoms with Crippen LogP contribution in [0.2, 0.25) is 0 Å². The second kappa shape index (κ2) is 8.18. The summed E-state index contributed by atoms with van der Waals surface area (Å²) in [6.45, 7) is 0.656. The maximum atomic E-state index is 13.4. The highest BCUT2D eigenvalue weighted by molar-refractivity contribution is 5.95. The quantitative estimate of drug-likeness (QED) is 0.820. The first-order valence-corrected chi connectivity index (χ1v) is 9.31. The van der Waals surface area contributed by atoms with Gasteiger partial charge in [0.25, 0.3) is 5.91 Å². The van der Waals surface area contributed by atoms with E-state index in [-0.39, 0.29) is 19.3 Å². The van der Waals surface area contributed by atoms with Gasteiger partial charge in [-0.3, -0.25) is 4.79 Å². The summed E-state index contributed by atoms with van der Waals surface area (Å²) in [6.07, 6.45) is -0.556. The first-order chi connectivity index (χ1) is 14.2. The number of benzene rings is 2. The van der Waals surface area contributed by atoms with Gasteiger partial charge in [-0.2, -0.15) is 0 Å². The van der Waals surface area contributed by atoms with Crippen LogP contribution in [-0.4, -0.2) is 62.8 Å². The van der Waals surface area contributed by atoms with E-state index >= 15 is 0 Å². The van der Waals surface area contributed by atoms with Crippen LogP contribution in [0.25, 0.3) is 0 Å². The number of methoxy groups -OCH3 is 2. The van der Waals surface area contributed by atoms with E-state index in [1.165, 1.54) is 0 Å². The fraction of sp³-hybridized carbons (Fsp3) is 0.381. The van der Waals surface area contributed by atoms with Gasteiger partial charge in [0.2, 0.25) is 6.79 Å². The Labute approximate surface area is 168 Å². The third-order valence-electron chi connectivity index (χ3n) is 5.16. The van der Waals surface area contributed by atoms with E-state index in [4.69, 9.17) is 23.7 Å². The molecule has 0 aromatic heterocycles. The SMILES string of the molecule is COc1ccc([C@@H]2[C@@H](CO)OCCN2C(=O)c2ccc3c(c2)OCO3)cc1OC. The zero-order chi connectivity index (χ0) is 20.4. The summed E-state index contributed by atoms with van der Waals surface area (Å²) in [6, 6.07) is 10.1. The fourth-order valence-corrected chi connectivity index (χ4v) is 3.74. The Morgan fingerprint density at radius 2 is 1.90 bits per heavy atom. The predicted molar refractivity (Wildman–Crippen MR) is 103 cm³/mol. The minimum Gasteiger partial charge on any atom is -0.493 e. The van der Waals surface area contributed by atoms with Crippen LogP contribution in [0, 0.1) is 0 Å². The molecule has 154 valence electrons. The zero-order valence-corrected chi connectivity index (χ0v) is 16.3.